The summed E-state index contributed by atoms with van der Waals surface area (Å²) in [5.41, 5.74) is 3.24. The van der Waals surface area contributed by atoms with Crippen LogP contribution in [0.15, 0.2) is 75.8 Å². The van der Waals surface area contributed by atoms with Crippen LogP contribution in [0.5, 0.6) is 5.75 Å². The van der Waals surface area contributed by atoms with Crippen molar-refractivity contribution < 1.29 is 19.1 Å². The standard InChI is InChI=1S/C23H19BrN2O4/c24-21-9-8-20(30-21)22(28)25-18-3-1-2-17(14-18)23(29)26-12-10-16(11-13-26)15-4-6-19(27)7-5-15/h1-10,14,27H,11-13H2,(H,25,28). The molecule has 0 unspecified atom stereocenters. The van der Waals surface area contributed by atoms with Crippen molar-refractivity contribution in [1.82, 2.24) is 4.90 Å². The molecule has 2 heterocycles. The Morgan fingerprint density at radius 2 is 1.87 bits per heavy atom. The van der Waals surface area contributed by atoms with Crippen LogP contribution in [0.1, 0.15) is 32.9 Å². The number of carbonyl (C=O) groups excluding carboxylic acids is 2. The van der Waals surface area contributed by atoms with E-state index in [9.17, 15) is 14.7 Å². The minimum atomic E-state index is -0.384. The summed E-state index contributed by atoms with van der Waals surface area (Å²) in [5.74, 6) is -0.0576. The third-order valence-corrected chi connectivity index (χ3v) is 5.33. The van der Waals surface area contributed by atoms with E-state index in [1.165, 1.54) is 0 Å². The van der Waals surface area contributed by atoms with Crippen LogP contribution in [-0.2, 0) is 0 Å². The number of benzene rings is 2. The normalized spacial score (nSPS) is 13.6. The third-order valence-electron chi connectivity index (χ3n) is 4.90. The minimum Gasteiger partial charge on any atom is -0.508 e. The number of anilines is 1. The number of hydrogen-bond acceptors (Lipinski definition) is 4. The van der Waals surface area contributed by atoms with Gasteiger partial charge in [-0.1, -0.05) is 24.3 Å². The number of rotatable bonds is 4. The van der Waals surface area contributed by atoms with Crippen LogP contribution in [-0.4, -0.2) is 34.9 Å². The van der Waals surface area contributed by atoms with Crippen LogP contribution in [0, 0.1) is 0 Å². The summed E-state index contributed by atoms with van der Waals surface area (Å²) in [4.78, 5) is 27.0. The molecule has 152 valence electrons. The van der Waals surface area contributed by atoms with E-state index in [1.807, 2.05) is 18.2 Å². The van der Waals surface area contributed by atoms with Gasteiger partial charge in [0, 0.05) is 24.3 Å². The van der Waals surface area contributed by atoms with Crippen LogP contribution in [0.25, 0.3) is 5.57 Å². The predicted octanol–water partition coefficient (Wildman–Crippen LogP) is 4.93. The Morgan fingerprint density at radius 3 is 2.53 bits per heavy atom. The van der Waals surface area contributed by atoms with E-state index in [1.54, 1.807) is 53.4 Å². The molecule has 2 aromatic carbocycles. The quantitative estimate of drug-likeness (QED) is 0.570. The molecule has 0 radical (unpaired) electrons. The lowest BCUT2D eigenvalue weighted by molar-refractivity contribution is 0.0772. The Balaban J connectivity index is 1.43. The molecule has 0 spiro atoms. The zero-order valence-electron chi connectivity index (χ0n) is 16.0. The molecular weight excluding hydrogens is 448 g/mol. The van der Waals surface area contributed by atoms with Crippen molar-refractivity contribution in [1.29, 1.82) is 0 Å². The highest BCUT2D eigenvalue weighted by atomic mass is 79.9. The molecule has 0 aliphatic carbocycles. The van der Waals surface area contributed by atoms with E-state index in [-0.39, 0.29) is 23.3 Å². The molecular formula is C23H19BrN2O4. The topological polar surface area (TPSA) is 82.8 Å². The summed E-state index contributed by atoms with van der Waals surface area (Å²) in [7, 11) is 0. The second-order valence-corrected chi connectivity index (χ2v) is 7.70. The summed E-state index contributed by atoms with van der Waals surface area (Å²) in [6, 6.07) is 17.2. The molecule has 0 atom stereocenters. The fourth-order valence-electron chi connectivity index (χ4n) is 3.33. The lowest BCUT2D eigenvalue weighted by atomic mass is 9.99. The fraction of sp³-hybridized carbons (Fsp3) is 0.130. The maximum atomic E-state index is 12.9. The summed E-state index contributed by atoms with van der Waals surface area (Å²) in [6.45, 7) is 1.11. The largest absolute Gasteiger partial charge is 0.508 e. The first-order valence-corrected chi connectivity index (χ1v) is 10.2. The van der Waals surface area contributed by atoms with Crippen LogP contribution < -0.4 is 5.32 Å². The average molecular weight is 467 g/mol. The number of phenolic OH excluding ortho intramolecular Hbond substituents is 1. The van der Waals surface area contributed by atoms with E-state index >= 15 is 0 Å². The maximum Gasteiger partial charge on any atom is 0.291 e. The molecule has 4 rings (SSSR count). The first kappa shape index (κ1) is 20.0. The number of phenols is 1. The molecule has 0 bridgehead atoms. The first-order chi connectivity index (χ1) is 14.5. The smallest absolute Gasteiger partial charge is 0.291 e. The molecule has 2 amide bonds. The zero-order valence-corrected chi connectivity index (χ0v) is 17.6. The highest BCUT2D eigenvalue weighted by Gasteiger charge is 2.20. The zero-order chi connectivity index (χ0) is 21.1. The number of hydrogen-bond donors (Lipinski definition) is 2. The number of nitrogens with one attached hydrogen (secondary N) is 1. The Hall–Kier alpha value is -3.32. The number of nitrogens with zero attached hydrogens (tertiary/aromatic N) is 1. The molecule has 2 N–H and O–H groups in total. The molecule has 1 aliphatic heterocycles. The Kier molecular flexibility index (Phi) is 5.72. The molecule has 1 aliphatic rings. The van der Waals surface area contributed by atoms with E-state index in [4.69, 9.17) is 4.42 Å². The van der Waals surface area contributed by atoms with Crippen LogP contribution in [0.3, 0.4) is 0 Å². The van der Waals surface area contributed by atoms with Gasteiger partial charge in [0.05, 0.1) is 0 Å². The maximum absolute atomic E-state index is 12.9. The number of carbonyl (C=O) groups is 2. The van der Waals surface area contributed by atoms with E-state index in [2.05, 4.69) is 21.2 Å². The predicted molar refractivity (Wildman–Crippen MR) is 117 cm³/mol. The van der Waals surface area contributed by atoms with E-state index in [0.717, 1.165) is 17.6 Å². The van der Waals surface area contributed by atoms with Crippen molar-refractivity contribution >= 4 is 39.0 Å². The SMILES string of the molecule is O=C(Nc1cccc(C(=O)N2CC=C(c3ccc(O)cc3)CC2)c1)c1ccc(Br)o1. The Bertz CT molecular complexity index is 1120. The van der Waals surface area contributed by atoms with Crippen molar-refractivity contribution in [2.45, 2.75) is 6.42 Å². The highest BCUT2D eigenvalue weighted by molar-refractivity contribution is 9.10. The van der Waals surface area contributed by atoms with Gasteiger partial charge in [0.25, 0.3) is 11.8 Å². The number of halogens is 1. The number of furan rings is 1. The molecule has 3 aromatic rings. The Labute approximate surface area is 181 Å². The van der Waals surface area contributed by atoms with Gasteiger partial charge in [-0.05, 0) is 76.0 Å². The van der Waals surface area contributed by atoms with Crippen molar-refractivity contribution in [3.63, 3.8) is 0 Å². The monoisotopic (exact) mass is 466 g/mol. The van der Waals surface area contributed by atoms with Crippen LogP contribution in [0.2, 0.25) is 0 Å². The first-order valence-electron chi connectivity index (χ1n) is 9.44. The minimum absolute atomic E-state index is 0.0900. The second kappa shape index (κ2) is 8.59. The highest BCUT2D eigenvalue weighted by Crippen LogP contribution is 2.25. The number of aromatic hydroxyl groups is 1. The molecule has 6 nitrogen and oxygen atoms in total. The van der Waals surface area contributed by atoms with Crippen molar-refractivity contribution in [3.8, 4) is 5.75 Å². The van der Waals surface area contributed by atoms with Crippen LogP contribution >= 0.6 is 15.9 Å². The van der Waals surface area contributed by atoms with Gasteiger partial charge < -0.3 is 19.7 Å². The van der Waals surface area contributed by atoms with Crippen molar-refractivity contribution in [3.05, 3.63) is 88.3 Å². The lowest BCUT2D eigenvalue weighted by Gasteiger charge is -2.27. The van der Waals surface area contributed by atoms with Crippen molar-refractivity contribution in [2.75, 3.05) is 18.4 Å². The van der Waals surface area contributed by atoms with Gasteiger partial charge in [-0.3, -0.25) is 9.59 Å². The molecule has 1 aromatic heterocycles. The third kappa shape index (κ3) is 4.46. The van der Waals surface area contributed by atoms with Gasteiger partial charge in [-0.2, -0.15) is 0 Å². The number of amides is 2. The molecule has 0 saturated carbocycles. The van der Waals surface area contributed by atoms with Crippen LogP contribution in [0.4, 0.5) is 5.69 Å². The van der Waals surface area contributed by atoms with E-state index < -0.39 is 0 Å². The fourth-order valence-corrected chi connectivity index (χ4v) is 3.64. The van der Waals surface area contributed by atoms with E-state index in [0.29, 0.717) is 29.0 Å². The summed E-state index contributed by atoms with van der Waals surface area (Å²) in [6.07, 6.45) is 2.77. The van der Waals surface area contributed by atoms with Gasteiger partial charge in [0.2, 0.25) is 0 Å². The van der Waals surface area contributed by atoms with Gasteiger partial charge in [-0.15, -0.1) is 0 Å². The van der Waals surface area contributed by atoms with Gasteiger partial charge in [0.1, 0.15) is 5.75 Å². The summed E-state index contributed by atoms with van der Waals surface area (Å²) < 4.78 is 5.73. The van der Waals surface area contributed by atoms with Gasteiger partial charge >= 0.3 is 0 Å². The average Bonchev–Trinajstić information content (AvgIpc) is 3.21. The van der Waals surface area contributed by atoms with Crippen molar-refractivity contribution in [2.24, 2.45) is 0 Å². The second-order valence-electron chi connectivity index (χ2n) is 6.92. The van der Waals surface area contributed by atoms with Gasteiger partial charge in [0.15, 0.2) is 10.4 Å². The molecule has 30 heavy (non-hydrogen) atoms. The summed E-state index contributed by atoms with van der Waals surface area (Å²) in [5, 5.41) is 12.2. The summed E-state index contributed by atoms with van der Waals surface area (Å²) >= 11 is 3.17. The van der Waals surface area contributed by atoms with Gasteiger partial charge in [-0.25, -0.2) is 0 Å². The molecule has 0 fully saturated rings. The lowest BCUT2D eigenvalue weighted by Crippen LogP contribution is -2.34. The Morgan fingerprint density at radius 1 is 1.07 bits per heavy atom. The molecule has 7 heteroatoms. The molecule has 0 saturated heterocycles.